The van der Waals surface area contributed by atoms with Gasteiger partial charge in [-0.3, -0.25) is 14.3 Å². The van der Waals surface area contributed by atoms with Crippen molar-refractivity contribution in [3.8, 4) is 0 Å². The first-order valence-electron chi connectivity index (χ1n) is 5.79. The van der Waals surface area contributed by atoms with E-state index < -0.39 is 41.9 Å². The van der Waals surface area contributed by atoms with E-state index in [9.17, 15) is 19.8 Å². The van der Waals surface area contributed by atoms with Gasteiger partial charge in [-0.1, -0.05) is 0 Å². The molecule has 0 amide bonds. The standard InChI is InChI=1S/C11H16N2O6/c1-5-3-13(10(18)12-9(5)17)11(2)8(16)7(15)6(4-14)19-11/h3,6-8,14-16H,4H2,1-2H3,(H,12,17,18)/t6-,7-,8?,11-/m1/s1. The quantitative estimate of drug-likeness (QED) is 0.477. The maximum atomic E-state index is 11.8. The molecule has 1 aliphatic rings. The summed E-state index contributed by atoms with van der Waals surface area (Å²) in [6.07, 6.45) is -2.49. The molecule has 1 saturated heterocycles. The molecule has 0 spiro atoms. The normalized spacial score (nSPS) is 34.7. The van der Waals surface area contributed by atoms with Crippen molar-refractivity contribution in [3.05, 3.63) is 32.6 Å². The molecule has 106 valence electrons. The minimum absolute atomic E-state index is 0.263. The lowest BCUT2D eigenvalue weighted by atomic mass is 10.0. The van der Waals surface area contributed by atoms with Crippen LogP contribution in [0, 0.1) is 6.92 Å². The second kappa shape index (κ2) is 4.57. The molecule has 8 heteroatoms. The van der Waals surface area contributed by atoms with Gasteiger partial charge < -0.3 is 20.1 Å². The maximum Gasteiger partial charge on any atom is 0.330 e. The topological polar surface area (TPSA) is 125 Å². The van der Waals surface area contributed by atoms with Gasteiger partial charge in [-0.05, 0) is 13.8 Å². The van der Waals surface area contributed by atoms with Crippen molar-refractivity contribution in [2.75, 3.05) is 6.61 Å². The van der Waals surface area contributed by atoms with Crippen LogP contribution < -0.4 is 11.2 Å². The zero-order valence-corrected chi connectivity index (χ0v) is 10.5. The van der Waals surface area contributed by atoms with Gasteiger partial charge in [0.2, 0.25) is 0 Å². The van der Waals surface area contributed by atoms with Crippen molar-refractivity contribution >= 4 is 0 Å². The third kappa shape index (κ3) is 2.02. The van der Waals surface area contributed by atoms with Gasteiger partial charge in [-0.25, -0.2) is 4.79 Å². The lowest BCUT2D eigenvalue weighted by Gasteiger charge is -2.29. The number of nitrogens with one attached hydrogen (secondary N) is 1. The Morgan fingerprint density at radius 3 is 2.63 bits per heavy atom. The van der Waals surface area contributed by atoms with Crippen molar-refractivity contribution in [2.45, 2.75) is 37.9 Å². The van der Waals surface area contributed by atoms with Crippen LogP contribution >= 0.6 is 0 Å². The molecule has 0 aromatic carbocycles. The molecule has 0 aliphatic carbocycles. The van der Waals surface area contributed by atoms with Crippen molar-refractivity contribution < 1.29 is 20.1 Å². The number of H-pyrrole nitrogens is 1. The molecule has 0 saturated carbocycles. The molecule has 4 atom stereocenters. The fraction of sp³-hybridized carbons (Fsp3) is 0.636. The van der Waals surface area contributed by atoms with Crippen LogP contribution in [0.2, 0.25) is 0 Å². The fourth-order valence-corrected chi connectivity index (χ4v) is 2.21. The Labute approximate surface area is 107 Å². The second-order valence-electron chi connectivity index (χ2n) is 4.77. The van der Waals surface area contributed by atoms with Gasteiger partial charge in [0.15, 0.2) is 5.72 Å². The van der Waals surface area contributed by atoms with Gasteiger partial charge in [-0.2, -0.15) is 0 Å². The van der Waals surface area contributed by atoms with Gasteiger partial charge in [-0.15, -0.1) is 0 Å². The number of aromatic nitrogens is 2. The van der Waals surface area contributed by atoms with Crippen LogP contribution in [0.3, 0.4) is 0 Å². The minimum atomic E-state index is -1.56. The van der Waals surface area contributed by atoms with E-state index in [-0.39, 0.29) is 5.56 Å². The Bertz CT molecular complexity index is 594. The summed E-state index contributed by atoms with van der Waals surface area (Å²) in [7, 11) is 0. The molecule has 2 heterocycles. The highest BCUT2D eigenvalue weighted by atomic mass is 16.6. The largest absolute Gasteiger partial charge is 0.394 e. The summed E-state index contributed by atoms with van der Waals surface area (Å²) in [6.45, 7) is 2.40. The molecule has 0 radical (unpaired) electrons. The smallest absolute Gasteiger partial charge is 0.330 e. The molecule has 0 bridgehead atoms. The summed E-state index contributed by atoms with van der Waals surface area (Å²) in [4.78, 5) is 25.2. The predicted molar refractivity (Wildman–Crippen MR) is 63.7 cm³/mol. The van der Waals surface area contributed by atoms with E-state index in [0.717, 1.165) is 4.57 Å². The zero-order valence-electron chi connectivity index (χ0n) is 10.5. The van der Waals surface area contributed by atoms with E-state index in [1.807, 2.05) is 0 Å². The van der Waals surface area contributed by atoms with E-state index in [1.54, 1.807) is 0 Å². The van der Waals surface area contributed by atoms with E-state index in [4.69, 9.17) is 9.84 Å². The van der Waals surface area contributed by atoms with E-state index in [1.165, 1.54) is 20.0 Å². The van der Waals surface area contributed by atoms with Crippen molar-refractivity contribution in [1.82, 2.24) is 9.55 Å². The molecule has 1 unspecified atom stereocenters. The summed E-state index contributed by atoms with van der Waals surface area (Å²) in [5.74, 6) is 0. The van der Waals surface area contributed by atoms with Crippen molar-refractivity contribution in [3.63, 3.8) is 0 Å². The Morgan fingerprint density at radius 1 is 1.47 bits per heavy atom. The first-order valence-corrected chi connectivity index (χ1v) is 5.79. The number of aryl methyl sites for hydroxylation is 1. The van der Waals surface area contributed by atoms with Gasteiger partial charge in [0.05, 0.1) is 6.61 Å². The molecule has 8 nitrogen and oxygen atoms in total. The van der Waals surface area contributed by atoms with Gasteiger partial charge >= 0.3 is 5.69 Å². The SMILES string of the molecule is Cc1cn([C@]2(C)O[C@H](CO)[C@@H](O)C2O)c(=O)[nH]c1=O. The molecule has 1 aromatic rings. The summed E-state index contributed by atoms with van der Waals surface area (Å²) in [5, 5.41) is 28.8. The summed E-state index contributed by atoms with van der Waals surface area (Å²) in [5.41, 5.74) is -2.59. The van der Waals surface area contributed by atoms with Crippen LogP contribution in [0.25, 0.3) is 0 Å². The highest BCUT2D eigenvalue weighted by Gasteiger charge is 2.52. The Kier molecular flexibility index (Phi) is 3.35. The van der Waals surface area contributed by atoms with Gasteiger partial charge in [0.25, 0.3) is 5.56 Å². The van der Waals surface area contributed by atoms with E-state index in [2.05, 4.69) is 4.98 Å². The molecular weight excluding hydrogens is 256 g/mol. The first-order chi connectivity index (χ1) is 8.81. The van der Waals surface area contributed by atoms with Crippen LogP contribution in [0.15, 0.2) is 15.8 Å². The van der Waals surface area contributed by atoms with Crippen LogP contribution in [0.4, 0.5) is 0 Å². The van der Waals surface area contributed by atoms with Crippen LogP contribution in [0.5, 0.6) is 0 Å². The fourth-order valence-electron chi connectivity index (χ4n) is 2.21. The second-order valence-corrected chi connectivity index (χ2v) is 4.77. The van der Waals surface area contributed by atoms with E-state index in [0.29, 0.717) is 0 Å². The molecule has 1 fully saturated rings. The average molecular weight is 272 g/mol. The minimum Gasteiger partial charge on any atom is -0.394 e. The Morgan fingerprint density at radius 2 is 2.11 bits per heavy atom. The number of nitrogens with zero attached hydrogens (tertiary/aromatic N) is 1. The number of aromatic amines is 1. The zero-order chi connectivity index (χ0) is 14.4. The molecular formula is C11H16N2O6. The highest BCUT2D eigenvalue weighted by molar-refractivity contribution is 5.06. The molecule has 2 rings (SSSR count). The van der Waals surface area contributed by atoms with Crippen LogP contribution in [-0.2, 0) is 10.5 Å². The third-order valence-electron chi connectivity index (χ3n) is 3.42. The van der Waals surface area contributed by atoms with Crippen molar-refractivity contribution in [1.29, 1.82) is 0 Å². The van der Waals surface area contributed by atoms with Gasteiger partial charge in [0.1, 0.15) is 18.3 Å². The Balaban J connectivity index is 2.55. The maximum absolute atomic E-state index is 11.8. The molecule has 1 aliphatic heterocycles. The summed E-state index contributed by atoms with van der Waals surface area (Å²) < 4.78 is 6.38. The number of rotatable bonds is 2. The number of hydrogen-bond acceptors (Lipinski definition) is 6. The highest BCUT2D eigenvalue weighted by Crippen LogP contribution is 2.34. The molecule has 19 heavy (non-hydrogen) atoms. The number of hydrogen-bond donors (Lipinski definition) is 4. The summed E-state index contributed by atoms with van der Waals surface area (Å²) in [6, 6.07) is 0. The average Bonchev–Trinajstić information content (AvgIpc) is 2.59. The predicted octanol–water partition coefficient (Wildman–Crippen LogP) is -2.37. The molecule has 4 N–H and O–H groups in total. The summed E-state index contributed by atoms with van der Waals surface area (Å²) >= 11 is 0. The van der Waals surface area contributed by atoms with Crippen LogP contribution in [0.1, 0.15) is 12.5 Å². The van der Waals surface area contributed by atoms with E-state index >= 15 is 0 Å². The van der Waals surface area contributed by atoms with Crippen molar-refractivity contribution in [2.24, 2.45) is 0 Å². The number of aliphatic hydroxyl groups is 3. The third-order valence-corrected chi connectivity index (χ3v) is 3.42. The monoisotopic (exact) mass is 272 g/mol. The Hall–Kier alpha value is -1.48. The lowest BCUT2D eigenvalue weighted by molar-refractivity contribution is -0.137. The van der Waals surface area contributed by atoms with Gasteiger partial charge in [0, 0.05) is 11.8 Å². The number of aliphatic hydroxyl groups excluding tert-OH is 3. The number of ether oxygens (including phenoxy) is 1. The van der Waals surface area contributed by atoms with Crippen LogP contribution in [-0.4, -0.2) is 49.8 Å². The lowest BCUT2D eigenvalue weighted by Crippen LogP contribution is -2.49. The molecule has 1 aromatic heterocycles. The first kappa shape index (κ1) is 13.9.